The third-order valence-electron chi connectivity index (χ3n) is 9.95. The Morgan fingerprint density at radius 3 is 2.50 bits per heavy atom. The number of piperazine rings is 3. The first kappa shape index (κ1) is 25.4. The van der Waals surface area contributed by atoms with E-state index in [0.717, 1.165) is 61.4 Å². The van der Waals surface area contributed by atoms with Gasteiger partial charge in [-0.1, -0.05) is 31.2 Å². The number of carbonyl (C=O) groups excluding carboxylic acids is 3. The van der Waals surface area contributed by atoms with Gasteiger partial charge in [-0.3, -0.25) is 14.5 Å². The maximum absolute atomic E-state index is 13.5. The molecule has 4 saturated heterocycles. The largest absolute Gasteiger partial charge is 0.543 e. The van der Waals surface area contributed by atoms with Crippen molar-refractivity contribution >= 4 is 17.7 Å². The number of quaternary nitrogens is 1. The minimum absolute atomic E-state index is 0.0286. The van der Waals surface area contributed by atoms with Crippen LogP contribution in [-0.4, -0.2) is 95.1 Å². The molecule has 4 fully saturated rings. The van der Waals surface area contributed by atoms with Crippen LogP contribution in [0.25, 0.3) is 11.1 Å². The maximum Gasteiger partial charge on any atom is 0.235 e. The summed E-state index contributed by atoms with van der Waals surface area (Å²) < 4.78 is 7.30. The molecular weight excluding hydrogens is 510 g/mol. The van der Waals surface area contributed by atoms with Crippen molar-refractivity contribution in [2.45, 2.75) is 32.5 Å². The summed E-state index contributed by atoms with van der Waals surface area (Å²) >= 11 is 0. The van der Waals surface area contributed by atoms with Crippen molar-refractivity contribution in [3.05, 3.63) is 64.4 Å². The molecule has 208 valence electrons. The van der Waals surface area contributed by atoms with Crippen LogP contribution >= 0.6 is 0 Å². The number of nitrogens with zero attached hydrogens (tertiary/aromatic N) is 3. The summed E-state index contributed by atoms with van der Waals surface area (Å²) in [4.78, 5) is 42.0. The van der Waals surface area contributed by atoms with Gasteiger partial charge in [0.05, 0.1) is 49.4 Å². The average Bonchev–Trinajstić information content (AvgIpc) is 3.36. The van der Waals surface area contributed by atoms with Gasteiger partial charge in [-0.2, -0.15) is 0 Å². The highest BCUT2D eigenvalue weighted by molar-refractivity contribution is 6.22. The predicted octanol–water partition coefficient (Wildman–Crippen LogP) is 0.784. The second-order valence-electron chi connectivity index (χ2n) is 12.1. The number of aliphatic carboxylic acids is 1. The molecule has 5 aliphatic heterocycles. The summed E-state index contributed by atoms with van der Waals surface area (Å²) in [5.74, 6) is -2.34. The Morgan fingerprint density at radius 1 is 1.10 bits per heavy atom. The van der Waals surface area contributed by atoms with Crippen molar-refractivity contribution in [1.29, 1.82) is 0 Å². The van der Waals surface area contributed by atoms with E-state index in [1.54, 1.807) is 25.1 Å². The molecule has 0 spiro atoms. The third-order valence-corrected chi connectivity index (χ3v) is 9.95. The Labute approximate surface area is 232 Å². The first-order chi connectivity index (χ1) is 19.2. The molecule has 0 aromatic heterocycles. The molecule has 1 aliphatic carbocycles. The number of hydrogen-bond acceptors (Lipinski definition) is 7. The van der Waals surface area contributed by atoms with E-state index in [0.29, 0.717) is 22.4 Å². The summed E-state index contributed by atoms with van der Waals surface area (Å²) in [7, 11) is 0. The Bertz CT molecular complexity index is 1470. The van der Waals surface area contributed by atoms with Crippen LogP contribution in [0.3, 0.4) is 0 Å². The van der Waals surface area contributed by atoms with Crippen LogP contribution in [0.5, 0.6) is 5.75 Å². The first-order valence-electron chi connectivity index (χ1n) is 14.2. The molecule has 9 nitrogen and oxygen atoms in total. The molecular formula is C31H33N3O6. The fraction of sp³-hybridized carbons (Fsp3) is 0.452. The van der Waals surface area contributed by atoms with Crippen molar-refractivity contribution < 1.29 is 33.8 Å². The summed E-state index contributed by atoms with van der Waals surface area (Å²) in [5.41, 5.74) is 4.25. The maximum atomic E-state index is 13.5. The minimum atomic E-state index is -1.43. The Balaban J connectivity index is 1.16. The first-order valence-corrected chi connectivity index (χ1v) is 14.2. The van der Waals surface area contributed by atoms with Crippen molar-refractivity contribution in [3.8, 4) is 16.9 Å². The molecule has 2 bridgehead atoms. The summed E-state index contributed by atoms with van der Waals surface area (Å²) in [6.07, 6.45) is -0.881. The third kappa shape index (κ3) is 3.61. The number of benzene rings is 2. The van der Waals surface area contributed by atoms with E-state index in [9.17, 15) is 24.6 Å². The Morgan fingerprint density at radius 2 is 1.82 bits per heavy atom. The normalized spacial score (nSPS) is 30.6. The summed E-state index contributed by atoms with van der Waals surface area (Å²) in [6.45, 7) is 11.1. The van der Waals surface area contributed by atoms with Crippen LogP contribution in [0, 0.1) is 11.8 Å². The molecule has 0 radical (unpaired) electrons. The monoisotopic (exact) mass is 543 g/mol. The quantitative estimate of drug-likeness (QED) is 0.347. The van der Waals surface area contributed by atoms with Crippen LogP contribution in [0.15, 0.2) is 47.7 Å². The molecule has 1 amide bonds. The molecule has 6 aliphatic rings. The van der Waals surface area contributed by atoms with Gasteiger partial charge in [0.1, 0.15) is 18.9 Å². The minimum Gasteiger partial charge on any atom is -0.543 e. The predicted molar refractivity (Wildman–Crippen MR) is 143 cm³/mol. The SMILES string of the molecule is CC(O)C1C(=O)N2C(C(=O)[O-])=C(COc3cccc4c3-c3ccc(C[N+]56CCN(CC5)CC6)cc3C4=O)[C@H](C)C12. The van der Waals surface area contributed by atoms with Gasteiger partial charge in [0.25, 0.3) is 0 Å². The lowest BCUT2D eigenvalue weighted by Crippen LogP contribution is -2.66. The van der Waals surface area contributed by atoms with Crippen LogP contribution in [-0.2, 0) is 16.1 Å². The number of carboxylic acid groups (broad SMARTS) is 1. The lowest BCUT2D eigenvalue weighted by Gasteiger charge is -2.50. The van der Waals surface area contributed by atoms with E-state index in [-0.39, 0.29) is 24.0 Å². The highest BCUT2D eigenvalue weighted by Crippen LogP contribution is 2.48. The molecule has 8 rings (SSSR count). The number of ketones is 1. The molecule has 40 heavy (non-hydrogen) atoms. The van der Waals surface area contributed by atoms with Gasteiger partial charge in [0.15, 0.2) is 5.78 Å². The number of carbonyl (C=O) groups is 3. The standard InChI is InChI=1S/C31H33N3O6/c1-17-23(28(31(38)39)33-27(17)25(18(2)35)30(33)37)16-40-24-5-3-4-21-26(24)20-7-6-19(14-22(20)29(21)36)15-34-11-8-32(9-12-34)10-13-34/h3-7,14,17-18,25,27,35H,8-13,15-16H2,1-2H3/t17-,18?,25?,27?/m0/s1. The van der Waals surface area contributed by atoms with Gasteiger partial charge < -0.3 is 29.1 Å². The number of aliphatic hydroxyl groups excluding tert-OH is 1. The van der Waals surface area contributed by atoms with Gasteiger partial charge in [0, 0.05) is 47.8 Å². The molecule has 0 saturated carbocycles. The van der Waals surface area contributed by atoms with Crippen LogP contribution in [0.4, 0.5) is 0 Å². The summed E-state index contributed by atoms with van der Waals surface area (Å²) in [6, 6.07) is 11.1. The van der Waals surface area contributed by atoms with Crippen molar-refractivity contribution in [1.82, 2.24) is 9.80 Å². The second kappa shape index (κ2) is 8.99. The van der Waals surface area contributed by atoms with Crippen molar-refractivity contribution in [3.63, 3.8) is 0 Å². The topological polar surface area (TPSA) is 110 Å². The molecule has 2 aromatic carbocycles. The van der Waals surface area contributed by atoms with E-state index in [2.05, 4.69) is 11.0 Å². The summed E-state index contributed by atoms with van der Waals surface area (Å²) in [5, 5.41) is 22.2. The highest BCUT2D eigenvalue weighted by Gasteiger charge is 2.58. The number of aliphatic hydroxyl groups is 1. The lowest BCUT2D eigenvalue weighted by molar-refractivity contribution is -0.953. The number of carboxylic acids is 1. The van der Waals surface area contributed by atoms with Gasteiger partial charge >= 0.3 is 0 Å². The average molecular weight is 544 g/mol. The number of fused-ring (bicyclic) bond motifs is 7. The van der Waals surface area contributed by atoms with E-state index >= 15 is 0 Å². The molecule has 9 heteroatoms. The Kier molecular flexibility index (Phi) is 5.72. The molecule has 4 atom stereocenters. The van der Waals surface area contributed by atoms with Crippen molar-refractivity contribution in [2.75, 3.05) is 45.9 Å². The van der Waals surface area contributed by atoms with Crippen LogP contribution in [0.2, 0.25) is 0 Å². The van der Waals surface area contributed by atoms with E-state index in [1.807, 2.05) is 19.1 Å². The molecule has 5 heterocycles. The number of rotatable bonds is 7. The number of hydrogen-bond donors (Lipinski definition) is 1. The highest BCUT2D eigenvalue weighted by atomic mass is 16.5. The lowest BCUT2D eigenvalue weighted by atomic mass is 9.78. The molecule has 1 N–H and O–H groups in total. The number of amides is 1. The fourth-order valence-corrected chi connectivity index (χ4v) is 7.69. The fourth-order valence-electron chi connectivity index (χ4n) is 7.69. The van der Waals surface area contributed by atoms with Gasteiger partial charge in [-0.25, -0.2) is 0 Å². The molecule has 3 unspecified atom stereocenters. The molecule has 2 aromatic rings. The second-order valence-corrected chi connectivity index (χ2v) is 12.1. The smallest absolute Gasteiger partial charge is 0.235 e. The van der Waals surface area contributed by atoms with Crippen molar-refractivity contribution in [2.24, 2.45) is 11.8 Å². The Hall–Kier alpha value is -3.53. The van der Waals surface area contributed by atoms with Gasteiger partial charge in [-0.05, 0) is 30.2 Å². The van der Waals surface area contributed by atoms with E-state index < -0.39 is 29.9 Å². The van der Waals surface area contributed by atoms with Gasteiger partial charge in [0.2, 0.25) is 5.91 Å². The van der Waals surface area contributed by atoms with E-state index in [1.165, 1.54) is 10.5 Å². The zero-order valence-electron chi connectivity index (χ0n) is 22.8. The van der Waals surface area contributed by atoms with Crippen LogP contribution in [0.1, 0.15) is 35.3 Å². The number of ether oxygens (including phenoxy) is 1. The zero-order valence-corrected chi connectivity index (χ0v) is 22.8. The van der Waals surface area contributed by atoms with Crippen LogP contribution < -0.4 is 9.84 Å². The van der Waals surface area contributed by atoms with E-state index in [4.69, 9.17) is 4.74 Å². The van der Waals surface area contributed by atoms with Gasteiger partial charge in [-0.15, -0.1) is 0 Å². The number of β-lactam (4-membered cyclic amide) rings is 1. The zero-order chi connectivity index (χ0) is 27.9.